The molecule has 0 amide bonds. The maximum Gasteiger partial charge on any atom is 0.0369 e. The van der Waals surface area contributed by atoms with Crippen LogP contribution in [0.5, 0.6) is 0 Å². The van der Waals surface area contributed by atoms with Crippen molar-refractivity contribution in [3.05, 3.63) is 29.8 Å². The molecule has 1 saturated heterocycles. The molecule has 1 aliphatic heterocycles. The minimum Gasteiger partial charge on any atom is -0.371 e. The number of nitrogens with zero attached hydrogens (tertiary/aromatic N) is 1. The third-order valence-corrected chi connectivity index (χ3v) is 3.58. The third-order valence-electron chi connectivity index (χ3n) is 3.58. The number of rotatable bonds is 2. The minimum absolute atomic E-state index is 0.473. The second kappa shape index (κ2) is 4.48. The van der Waals surface area contributed by atoms with Crippen molar-refractivity contribution in [3.8, 4) is 0 Å². The molecule has 88 valence electrons. The predicted octanol–water partition coefficient (Wildman–Crippen LogP) is 3.88. The molecule has 2 rings (SSSR count). The Balaban J connectivity index is 2.16. The van der Waals surface area contributed by atoms with Crippen molar-refractivity contribution in [2.24, 2.45) is 5.41 Å². The van der Waals surface area contributed by atoms with Gasteiger partial charge in [-0.1, -0.05) is 32.9 Å². The molecule has 0 N–H and O–H groups in total. The molecule has 1 fully saturated rings. The smallest absolute Gasteiger partial charge is 0.0369 e. The summed E-state index contributed by atoms with van der Waals surface area (Å²) in [4.78, 5) is 2.54. The van der Waals surface area contributed by atoms with Gasteiger partial charge >= 0.3 is 0 Å². The van der Waals surface area contributed by atoms with Gasteiger partial charge in [-0.25, -0.2) is 0 Å². The zero-order chi connectivity index (χ0) is 11.6. The van der Waals surface area contributed by atoms with Crippen LogP contribution in [0.25, 0.3) is 0 Å². The molecule has 1 aromatic carbocycles. The first-order valence-electron chi connectivity index (χ1n) is 6.45. The van der Waals surface area contributed by atoms with Crippen molar-refractivity contribution >= 4 is 5.69 Å². The van der Waals surface area contributed by atoms with Crippen LogP contribution in [0.2, 0.25) is 0 Å². The molecule has 0 unspecified atom stereocenters. The van der Waals surface area contributed by atoms with Crippen LogP contribution in [0.3, 0.4) is 0 Å². The number of hydrogen-bond acceptors (Lipinski definition) is 1. The van der Waals surface area contributed by atoms with E-state index in [0.29, 0.717) is 5.41 Å². The van der Waals surface area contributed by atoms with E-state index in [9.17, 15) is 0 Å². The first-order valence-corrected chi connectivity index (χ1v) is 6.45. The Kier molecular flexibility index (Phi) is 3.22. The van der Waals surface area contributed by atoms with Crippen molar-refractivity contribution in [1.82, 2.24) is 0 Å². The SMILES string of the molecule is CCc1cccc(N2CCCC(C)(C)C2)c1. The second-order valence-corrected chi connectivity index (χ2v) is 5.71. The largest absolute Gasteiger partial charge is 0.371 e. The number of anilines is 1. The van der Waals surface area contributed by atoms with E-state index in [1.165, 1.54) is 37.2 Å². The number of hydrogen-bond donors (Lipinski definition) is 0. The quantitative estimate of drug-likeness (QED) is 0.726. The molecule has 0 aliphatic carbocycles. The van der Waals surface area contributed by atoms with Gasteiger partial charge in [-0.05, 0) is 42.4 Å². The zero-order valence-corrected chi connectivity index (χ0v) is 10.8. The lowest BCUT2D eigenvalue weighted by atomic mass is 9.84. The lowest BCUT2D eigenvalue weighted by molar-refractivity contribution is 0.293. The fraction of sp³-hybridized carbons (Fsp3) is 0.600. The van der Waals surface area contributed by atoms with Crippen LogP contribution in [-0.2, 0) is 6.42 Å². The van der Waals surface area contributed by atoms with Crippen LogP contribution in [0.1, 0.15) is 39.2 Å². The summed E-state index contributed by atoms with van der Waals surface area (Å²) in [5.41, 5.74) is 3.33. The van der Waals surface area contributed by atoms with Gasteiger partial charge in [0.2, 0.25) is 0 Å². The minimum atomic E-state index is 0.473. The van der Waals surface area contributed by atoms with E-state index in [0.717, 1.165) is 6.42 Å². The lowest BCUT2D eigenvalue weighted by Gasteiger charge is -2.39. The Morgan fingerprint density at radius 1 is 1.31 bits per heavy atom. The fourth-order valence-electron chi connectivity index (χ4n) is 2.62. The molecule has 0 atom stereocenters. The molecule has 1 heteroatoms. The average molecular weight is 217 g/mol. The highest BCUT2D eigenvalue weighted by atomic mass is 15.1. The van der Waals surface area contributed by atoms with Crippen molar-refractivity contribution in [2.75, 3.05) is 18.0 Å². The highest BCUT2D eigenvalue weighted by molar-refractivity contribution is 5.49. The average Bonchev–Trinajstić information content (AvgIpc) is 2.28. The van der Waals surface area contributed by atoms with E-state index < -0.39 is 0 Å². The molecule has 0 saturated carbocycles. The first-order chi connectivity index (χ1) is 7.61. The summed E-state index contributed by atoms with van der Waals surface area (Å²) in [7, 11) is 0. The maximum atomic E-state index is 2.54. The molecule has 1 aromatic rings. The van der Waals surface area contributed by atoms with Gasteiger partial charge in [-0.2, -0.15) is 0 Å². The highest BCUT2D eigenvalue weighted by Gasteiger charge is 2.26. The lowest BCUT2D eigenvalue weighted by Crippen LogP contribution is -2.40. The molecule has 1 heterocycles. The van der Waals surface area contributed by atoms with Crippen LogP contribution >= 0.6 is 0 Å². The van der Waals surface area contributed by atoms with Gasteiger partial charge in [-0.3, -0.25) is 0 Å². The molecule has 16 heavy (non-hydrogen) atoms. The summed E-state index contributed by atoms with van der Waals surface area (Å²) in [5.74, 6) is 0. The van der Waals surface area contributed by atoms with E-state index >= 15 is 0 Å². The molecule has 0 aromatic heterocycles. The summed E-state index contributed by atoms with van der Waals surface area (Å²) < 4.78 is 0. The summed E-state index contributed by atoms with van der Waals surface area (Å²) in [5, 5.41) is 0. The zero-order valence-electron chi connectivity index (χ0n) is 10.8. The van der Waals surface area contributed by atoms with Gasteiger partial charge in [0, 0.05) is 18.8 Å². The van der Waals surface area contributed by atoms with Gasteiger partial charge in [0.15, 0.2) is 0 Å². The van der Waals surface area contributed by atoms with Crippen LogP contribution in [0.4, 0.5) is 5.69 Å². The fourth-order valence-corrected chi connectivity index (χ4v) is 2.62. The van der Waals surface area contributed by atoms with E-state index in [1.807, 2.05) is 0 Å². The van der Waals surface area contributed by atoms with Gasteiger partial charge in [-0.15, -0.1) is 0 Å². The third kappa shape index (κ3) is 2.58. The van der Waals surface area contributed by atoms with Crippen molar-refractivity contribution in [3.63, 3.8) is 0 Å². The number of aryl methyl sites for hydroxylation is 1. The summed E-state index contributed by atoms with van der Waals surface area (Å²) in [6.45, 7) is 9.39. The van der Waals surface area contributed by atoms with Crippen molar-refractivity contribution in [1.29, 1.82) is 0 Å². The molecular weight excluding hydrogens is 194 g/mol. The standard InChI is InChI=1S/C15H23N/c1-4-13-7-5-8-14(11-13)16-10-6-9-15(2,3)12-16/h5,7-8,11H,4,6,9-10,12H2,1-3H3. The summed E-state index contributed by atoms with van der Waals surface area (Å²) in [6.07, 6.45) is 3.81. The second-order valence-electron chi connectivity index (χ2n) is 5.71. The highest BCUT2D eigenvalue weighted by Crippen LogP contribution is 2.31. The van der Waals surface area contributed by atoms with E-state index in [2.05, 4.69) is 49.9 Å². The van der Waals surface area contributed by atoms with Gasteiger partial charge in [0.25, 0.3) is 0 Å². The van der Waals surface area contributed by atoms with Gasteiger partial charge in [0.1, 0.15) is 0 Å². The molecule has 1 aliphatic rings. The molecule has 0 bridgehead atoms. The van der Waals surface area contributed by atoms with Crippen LogP contribution in [0.15, 0.2) is 24.3 Å². The van der Waals surface area contributed by atoms with Gasteiger partial charge in [0.05, 0.1) is 0 Å². The first kappa shape index (κ1) is 11.5. The van der Waals surface area contributed by atoms with Crippen LogP contribution in [0, 0.1) is 5.41 Å². The molecule has 0 spiro atoms. The predicted molar refractivity (Wildman–Crippen MR) is 71.0 cm³/mol. The maximum absolute atomic E-state index is 2.54. The number of piperidine rings is 1. The summed E-state index contributed by atoms with van der Waals surface area (Å²) >= 11 is 0. The van der Waals surface area contributed by atoms with Crippen LogP contribution in [-0.4, -0.2) is 13.1 Å². The molecule has 1 nitrogen and oxygen atoms in total. The Hall–Kier alpha value is -0.980. The molecular formula is C15H23N. The normalized spacial score (nSPS) is 19.8. The Morgan fingerprint density at radius 2 is 2.12 bits per heavy atom. The van der Waals surface area contributed by atoms with E-state index in [-0.39, 0.29) is 0 Å². The number of benzene rings is 1. The molecule has 0 radical (unpaired) electrons. The topological polar surface area (TPSA) is 3.24 Å². The van der Waals surface area contributed by atoms with Gasteiger partial charge < -0.3 is 4.90 Å². The van der Waals surface area contributed by atoms with Crippen LogP contribution < -0.4 is 4.90 Å². The Bertz CT molecular complexity index is 354. The van der Waals surface area contributed by atoms with E-state index in [4.69, 9.17) is 0 Å². The van der Waals surface area contributed by atoms with Crippen molar-refractivity contribution < 1.29 is 0 Å². The monoisotopic (exact) mass is 217 g/mol. The van der Waals surface area contributed by atoms with E-state index in [1.54, 1.807) is 0 Å². The van der Waals surface area contributed by atoms with Crippen molar-refractivity contribution in [2.45, 2.75) is 40.0 Å². The summed E-state index contributed by atoms with van der Waals surface area (Å²) in [6, 6.07) is 9.01. The Morgan fingerprint density at radius 3 is 2.81 bits per heavy atom. The Labute approximate surface area is 99.5 Å².